The lowest BCUT2D eigenvalue weighted by Crippen LogP contribution is -2.36. The fourth-order valence-corrected chi connectivity index (χ4v) is 2.68. The molecule has 0 aromatic heterocycles. The quantitative estimate of drug-likeness (QED) is 0.838. The van der Waals surface area contributed by atoms with Crippen molar-refractivity contribution in [2.75, 3.05) is 6.54 Å². The van der Waals surface area contributed by atoms with Gasteiger partial charge in [-0.05, 0) is 35.2 Å². The van der Waals surface area contributed by atoms with E-state index < -0.39 is 0 Å². The van der Waals surface area contributed by atoms with E-state index in [0.29, 0.717) is 19.7 Å². The molecule has 2 aromatic carbocycles. The number of benzene rings is 2. The van der Waals surface area contributed by atoms with Gasteiger partial charge in [0.2, 0.25) is 0 Å². The summed E-state index contributed by atoms with van der Waals surface area (Å²) in [5.41, 5.74) is 3.35. The minimum atomic E-state index is -0.264. The Balaban J connectivity index is 1.60. The van der Waals surface area contributed by atoms with Crippen molar-refractivity contribution >= 4 is 17.7 Å². The maximum atomic E-state index is 12.1. The first-order chi connectivity index (χ1) is 10.2. The normalized spacial score (nSPS) is 13.7. The molecule has 0 bridgehead atoms. The highest BCUT2D eigenvalue weighted by molar-refractivity contribution is 6.30. The summed E-state index contributed by atoms with van der Waals surface area (Å²) in [6.07, 6.45) is 0.551. The Labute approximate surface area is 129 Å². The molecule has 1 heterocycles. The summed E-state index contributed by atoms with van der Waals surface area (Å²) in [7, 11) is 0. The number of hydrogen-bond donors (Lipinski definition) is 0. The van der Waals surface area contributed by atoms with E-state index in [1.165, 1.54) is 5.56 Å². The lowest BCUT2D eigenvalue weighted by atomic mass is 10.0. The highest BCUT2D eigenvalue weighted by Gasteiger charge is 2.21. The van der Waals surface area contributed by atoms with Crippen molar-refractivity contribution in [3.05, 3.63) is 70.2 Å². The highest BCUT2D eigenvalue weighted by Crippen LogP contribution is 2.23. The first-order valence-electron chi connectivity index (χ1n) is 6.95. The van der Waals surface area contributed by atoms with Gasteiger partial charge in [-0.25, -0.2) is 4.79 Å². The van der Waals surface area contributed by atoms with Crippen molar-refractivity contribution in [3.8, 4) is 0 Å². The van der Waals surface area contributed by atoms with Gasteiger partial charge in [0.1, 0.15) is 6.61 Å². The number of rotatable bonds is 2. The Kier molecular flexibility index (Phi) is 4.11. The van der Waals surface area contributed by atoms with Gasteiger partial charge in [-0.15, -0.1) is 0 Å². The van der Waals surface area contributed by atoms with Gasteiger partial charge in [0.05, 0.1) is 0 Å². The van der Waals surface area contributed by atoms with Crippen molar-refractivity contribution < 1.29 is 9.53 Å². The molecule has 0 saturated carbocycles. The zero-order valence-corrected chi connectivity index (χ0v) is 12.3. The van der Waals surface area contributed by atoms with Gasteiger partial charge in [-0.2, -0.15) is 0 Å². The molecule has 2 aromatic rings. The number of fused-ring (bicyclic) bond motifs is 1. The molecular weight excluding hydrogens is 286 g/mol. The molecule has 0 radical (unpaired) electrons. The van der Waals surface area contributed by atoms with Crippen LogP contribution < -0.4 is 0 Å². The van der Waals surface area contributed by atoms with E-state index in [2.05, 4.69) is 0 Å². The standard InChI is InChI=1S/C17H16ClNO2/c18-16-7-6-15-11-19(9-8-14(15)10-16)17(20)21-12-13-4-2-1-3-5-13/h1-7,10H,8-9,11-12H2. The Morgan fingerprint density at radius 3 is 2.76 bits per heavy atom. The topological polar surface area (TPSA) is 29.5 Å². The van der Waals surface area contributed by atoms with Crippen molar-refractivity contribution in [2.45, 2.75) is 19.6 Å². The van der Waals surface area contributed by atoms with E-state index >= 15 is 0 Å². The average molecular weight is 302 g/mol. The monoisotopic (exact) mass is 301 g/mol. The van der Waals surface area contributed by atoms with Crippen LogP contribution in [-0.4, -0.2) is 17.5 Å². The van der Waals surface area contributed by atoms with E-state index in [1.807, 2.05) is 48.5 Å². The van der Waals surface area contributed by atoms with Gasteiger partial charge in [0.15, 0.2) is 0 Å². The number of hydrogen-bond acceptors (Lipinski definition) is 2. The average Bonchev–Trinajstić information content (AvgIpc) is 2.53. The van der Waals surface area contributed by atoms with Crippen molar-refractivity contribution in [1.82, 2.24) is 4.90 Å². The fraction of sp³-hybridized carbons (Fsp3) is 0.235. The Morgan fingerprint density at radius 2 is 1.95 bits per heavy atom. The van der Waals surface area contributed by atoms with Crippen LogP contribution in [0.4, 0.5) is 4.79 Å². The lowest BCUT2D eigenvalue weighted by Gasteiger charge is -2.28. The maximum Gasteiger partial charge on any atom is 0.410 e. The predicted octanol–water partition coefficient (Wildman–Crippen LogP) is 4.03. The van der Waals surface area contributed by atoms with Crippen LogP contribution in [0.1, 0.15) is 16.7 Å². The molecule has 3 rings (SSSR count). The first kappa shape index (κ1) is 14.0. The minimum absolute atomic E-state index is 0.264. The van der Waals surface area contributed by atoms with Crippen LogP contribution in [0.3, 0.4) is 0 Å². The highest BCUT2D eigenvalue weighted by atomic mass is 35.5. The van der Waals surface area contributed by atoms with Crippen molar-refractivity contribution in [2.24, 2.45) is 0 Å². The summed E-state index contributed by atoms with van der Waals surface area (Å²) in [6, 6.07) is 15.5. The smallest absolute Gasteiger partial charge is 0.410 e. The summed E-state index contributed by atoms with van der Waals surface area (Å²) in [6.45, 7) is 1.56. The molecule has 108 valence electrons. The number of ether oxygens (including phenoxy) is 1. The van der Waals surface area contributed by atoms with Gasteiger partial charge in [0, 0.05) is 18.1 Å². The van der Waals surface area contributed by atoms with E-state index in [9.17, 15) is 4.79 Å². The lowest BCUT2D eigenvalue weighted by molar-refractivity contribution is 0.0918. The second-order valence-corrected chi connectivity index (χ2v) is 5.56. The summed E-state index contributed by atoms with van der Waals surface area (Å²) in [5, 5.41) is 0.744. The van der Waals surface area contributed by atoms with Crippen LogP contribution in [0.2, 0.25) is 5.02 Å². The van der Waals surface area contributed by atoms with E-state index in [1.54, 1.807) is 4.90 Å². The van der Waals surface area contributed by atoms with Crippen LogP contribution in [0.15, 0.2) is 48.5 Å². The predicted molar refractivity (Wildman–Crippen MR) is 82.2 cm³/mol. The van der Waals surface area contributed by atoms with Gasteiger partial charge in [-0.1, -0.05) is 48.0 Å². The van der Waals surface area contributed by atoms with Gasteiger partial charge >= 0.3 is 6.09 Å². The van der Waals surface area contributed by atoms with E-state index in [-0.39, 0.29) is 6.09 Å². The zero-order valence-electron chi connectivity index (χ0n) is 11.6. The number of carbonyl (C=O) groups is 1. The third-order valence-corrected chi connectivity index (χ3v) is 3.88. The molecule has 0 spiro atoms. The van der Waals surface area contributed by atoms with Crippen molar-refractivity contribution in [1.29, 1.82) is 0 Å². The molecule has 0 aliphatic carbocycles. The number of halogens is 1. The van der Waals surface area contributed by atoms with Gasteiger partial charge in [-0.3, -0.25) is 0 Å². The Bertz CT molecular complexity index is 642. The Hall–Kier alpha value is -2.00. The third-order valence-electron chi connectivity index (χ3n) is 3.64. The summed E-state index contributed by atoms with van der Waals surface area (Å²) in [5.74, 6) is 0. The minimum Gasteiger partial charge on any atom is -0.445 e. The zero-order chi connectivity index (χ0) is 14.7. The number of nitrogens with zero attached hydrogens (tertiary/aromatic N) is 1. The molecule has 0 atom stereocenters. The third kappa shape index (κ3) is 3.37. The first-order valence-corrected chi connectivity index (χ1v) is 7.33. The molecule has 0 unspecified atom stereocenters. The molecular formula is C17H16ClNO2. The summed E-state index contributed by atoms with van der Waals surface area (Å²) in [4.78, 5) is 13.9. The second-order valence-electron chi connectivity index (χ2n) is 5.12. The molecule has 0 saturated heterocycles. The molecule has 1 amide bonds. The molecule has 21 heavy (non-hydrogen) atoms. The second kappa shape index (κ2) is 6.19. The van der Waals surface area contributed by atoms with Crippen LogP contribution in [-0.2, 0) is 24.3 Å². The van der Waals surface area contributed by atoms with Crippen LogP contribution in [0, 0.1) is 0 Å². The SMILES string of the molecule is O=C(OCc1ccccc1)N1CCc2cc(Cl)ccc2C1. The van der Waals surface area contributed by atoms with Crippen LogP contribution >= 0.6 is 11.6 Å². The molecule has 1 aliphatic rings. The molecule has 1 aliphatic heterocycles. The van der Waals surface area contributed by atoms with Crippen LogP contribution in [0.5, 0.6) is 0 Å². The summed E-state index contributed by atoms with van der Waals surface area (Å²) >= 11 is 5.99. The fourth-order valence-electron chi connectivity index (χ4n) is 2.49. The van der Waals surface area contributed by atoms with Gasteiger partial charge < -0.3 is 9.64 Å². The number of carbonyl (C=O) groups excluding carboxylic acids is 1. The molecule has 0 N–H and O–H groups in total. The van der Waals surface area contributed by atoms with Crippen molar-refractivity contribution in [3.63, 3.8) is 0 Å². The molecule has 4 heteroatoms. The summed E-state index contributed by atoms with van der Waals surface area (Å²) < 4.78 is 5.37. The molecule has 0 fully saturated rings. The van der Waals surface area contributed by atoms with Crippen LogP contribution in [0.25, 0.3) is 0 Å². The number of amides is 1. The largest absolute Gasteiger partial charge is 0.445 e. The van der Waals surface area contributed by atoms with E-state index in [0.717, 1.165) is 22.6 Å². The molecule has 3 nitrogen and oxygen atoms in total. The maximum absolute atomic E-state index is 12.1. The Morgan fingerprint density at radius 1 is 1.14 bits per heavy atom. The van der Waals surface area contributed by atoms with E-state index in [4.69, 9.17) is 16.3 Å². The van der Waals surface area contributed by atoms with Gasteiger partial charge in [0.25, 0.3) is 0 Å².